The van der Waals surface area contributed by atoms with Crippen LogP contribution in [0.3, 0.4) is 0 Å². The number of amides is 2. The van der Waals surface area contributed by atoms with E-state index in [9.17, 15) is 9.59 Å². The smallest absolute Gasteiger partial charge is 0.227 e. The summed E-state index contributed by atoms with van der Waals surface area (Å²) in [5, 5.41) is 3.01. The van der Waals surface area contributed by atoms with Crippen LogP contribution < -0.4 is 10.2 Å². The van der Waals surface area contributed by atoms with E-state index in [-0.39, 0.29) is 37.1 Å². The van der Waals surface area contributed by atoms with Crippen LogP contribution in [0.25, 0.3) is 0 Å². The Hall–Kier alpha value is -1.24. The molecule has 0 bridgehead atoms. The predicted octanol–water partition coefficient (Wildman–Crippen LogP) is 2.01. The second-order valence-electron chi connectivity index (χ2n) is 5.28. The van der Waals surface area contributed by atoms with Gasteiger partial charge in [0.05, 0.1) is 5.69 Å². The minimum atomic E-state index is 0. The largest absolute Gasteiger partial charge is 0.344 e. The summed E-state index contributed by atoms with van der Waals surface area (Å²) in [5.74, 6) is 0.949. The average Bonchev–Trinajstić information content (AvgIpc) is 2.56. The van der Waals surface area contributed by atoms with E-state index in [1.165, 1.54) is 0 Å². The average molecular weight is 358 g/mol. The maximum absolute atomic E-state index is 12.4. The number of hydrogen-bond donors (Lipinski definition) is 1. The van der Waals surface area contributed by atoms with Crippen molar-refractivity contribution in [2.45, 2.75) is 17.7 Å². The van der Waals surface area contributed by atoms with Gasteiger partial charge < -0.3 is 15.1 Å². The highest BCUT2D eigenvalue weighted by Gasteiger charge is 2.23. The summed E-state index contributed by atoms with van der Waals surface area (Å²) in [6.07, 6.45) is 0.534. The Morgan fingerprint density at radius 3 is 2.78 bits per heavy atom. The summed E-state index contributed by atoms with van der Waals surface area (Å²) < 4.78 is 0. The molecule has 7 heteroatoms. The molecule has 1 aliphatic rings. The Kier molecular flexibility index (Phi) is 8.44. The van der Waals surface area contributed by atoms with Gasteiger partial charge >= 0.3 is 0 Å². The Morgan fingerprint density at radius 2 is 2.04 bits per heavy atom. The first-order valence-electron chi connectivity index (χ1n) is 7.54. The van der Waals surface area contributed by atoms with Crippen molar-refractivity contribution in [3.63, 3.8) is 0 Å². The van der Waals surface area contributed by atoms with Crippen LogP contribution in [0.15, 0.2) is 29.2 Å². The highest BCUT2D eigenvalue weighted by atomic mass is 35.5. The lowest BCUT2D eigenvalue weighted by Gasteiger charge is -2.29. The summed E-state index contributed by atoms with van der Waals surface area (Å²) in [7, 11) is 3.63. The van der Waals surface area contributed by atoms with E-state index >= 15 is 0 Å². The van der Waals surface area contributed by atoms with Gasteiger partial charge in [-0.3, -0.25) is 9.59 Å². The maximum Gasteiger partial charge on any atom is 0.227 e. The fourth-order valence-corrected chi connectivity index (χ4v) is 3.37. The van der Waals surface area contributed by atoms with Crippen molar-refractivity contribution in [3.05, 3.63) is 24.3 Å². The molecule has 2 rings (SSSR count). The maximum atomic E-state index is 12.4. The number of hydrogen-bond acceptors (Lipinski definition) is 4. The topological polar surface area (TPSA) is 52.7 Å². The number of thioether (sulfide) groups is 1. The van der Waals surface area contributed by atoms with Gasteiger partial charge in [-0.25, -0.2) is 0 Å². The molecule has 0 radical (unpaired) electrons. The minimum Gasteiger partial charge on any atom is -0.344 e. The molecule has 0 fully saturated rings. The van der Waals surface area contributed by atoms with Gasteiger partial charge in [-0.1, -0.05) is 12.1 Å². The monoisotopic (exact) mass is 357 g/mol. The van der Waals surface area contributed by atoms with Crippen molar-refractivity contribution >= 4 is 41.7 Å². The molecule has 0 saturated heterocycles. The zero-order chi connectivity index (χ0) is 15.9. The van der Waals surface area contributed by atoms with Crippen molar-refractivity contribution in [1.82, 2.24) is 10.2 Å². The Labute approximate surface area is 148 Å². The molecule has 1 heterocycles. The van der Waals surface area contributed by atoms with Crippen LogP contribution in [0.4, 0.5) is 5.69 Å². The summed E-state index contributed by atoms with van der Waals surface area (Å²) in [6, 6.07) is 7.94. The van der Waals surface area contributed by atoms with Crippen molar-refractivity contribution in [3.8, 4) is 0 Å². The lowest BCUT2D eigenvalue weighted by atomic mass is 10.2. The number of rotatable bonds is 6. The van der Waals surface area contributed by atoms with Crippen molar-refractivity contribution in [2.24, 2.45) is 0 Å². The third-order valence-corrected chi connectivity index (χ3v) is 4.75. The van der Waals surface area contributed by atoms with E-state index in [1.54, 1.807) is 23.7 Å². The second-order valence-corrected chi connectivity index (χ2v) is 6.42. The van der Waals surface area contributed by atoms with E-state index in [4.69, 9.17) is 0 Å². The van der Waals surface area contributed by atoms with Gasteiger partial charge in [-0.2, -0.15) is 0 Å². The molecule has 1 aliphatic heterocycles. The molecule has 128 valence electrons. The van der Waals surface area contributed by atoms with Crippen molar-refractivity contribution in [1.29, 1.82) is 0 Å². The molecule has 1 aromatic carbocycles. The number of nitrogens with zero attached hydrogens (tertiary/aromatic N) is 2. The number of likely N-dealkylation sites (N-methyl/N-ethyl adjacent to an activating group) is 2. The first-order valence-corrected chi connectivity index (χ1v) is 8.53. The van der Waals surface area contributed by atoms with E-state index in [2.05, 4.69) is 5.32 Å². The van der Waals surface area contributed by atoms with Crippen LogP contribution in [0, 0.1) is 0 Å². The van der Waals surface area contributed by atoms with Gasteiger partial charge in [0.2, 0.25) is 11.8 Å². The van der Waals surface area contributed by atoms with Crippen LogP contribution >= 0.6 is 24.2 Å². The van der Waals surface area contributed by atoms with Gasteiger partial charge in [-0.15, -0.1) is 24.2 Å². The fraction of sp³-hybridized carbons (Fsp3) is 0.500. The Balaban J connectivity index is 0.00000264. The molecule has 5 nitrogen and oxygen atoms in total. The van der Waals surface area contributed by atoms with Gasteiger partial charge in [0.1, 0.15) is 0 Å². The van der Waals surface area contributed by atoms with E-state index in [0.717, 1.165) is 22.9 Å². The number of carbonyl (C=O) groups excluding carboxylic acids is 2. The highest BCUT2D eigenvalue weighted by Crippen LogP contribution is 2.34. The number of para-hydroxylation sites is 1. The van der Waals surface area contributed by atoms with Crippen LogP contribution in [-0.4, -0.2) is 56.2 Å². The second kappa shape index (κ2) is 9.80. The quantitative estimate of drug-likeness (QED) is 0.846. The normalized spacial score (nSPS) is 13.0. The first kappa shape index (κ1) is 19.8. The lowest BCUT2D eigenvalue weighted by molar-refractivity contribution is -0.132. The Bertz CT molecular complexity index is 542. The molecule has 0 atom stereocenters. The SMILES string of the molecule is CNCCN(C)C(=O)CCC(=O)N1CCSc2ccccc21.Cl. The zero-order valence-electron chi connectivity index (χ0n) is 13.6. The fourth-order valence-electron chi connectivity index (χ4n) is 2.37. The molecule has 2 amide bonds. The summed E-state index contributed by atoms with van der Waals surface area (Å²) in [6.45, 7) is 2.13. The molecule has 0 unspecified atom stereocenters. The predicted molar refractivity (Wildman–Crippen MR) is 97.6 cm³/mol. The zero-order valence-corrected chi connectivity index (χ0v) is 15.2. The molecule has 0 aliphatic carbocycles. The minimum absolute atomic E-state index is 0. The number of fused-ring (bicyclic) bond motifs is 1. The van der Waals surface area contributed by atoms with Gasteiger partial charge in [0.25, 0.3) is 0 Å². The van der Waals surface area contributed by atoms with Gasteiger partial charge in [-0.05, 0) is 19.2 Å². The third kappa shape index (κ3) is 5.41. The van der Waals surface area contributed by atoms with Gasteiger partial charge in [0, 0.05) is 50.2 Å². The number of anilines is 1. The van der Waals surface area contributed by atoms with Crippen molar-refractivity contribution in [2.75, 3.05) is 44.4 Å². The Morgan fingerprint density at radius 1 is 1.30 bits per heavy atom. The number of halogens is 1. The molecule has 1 aromatic rings. The molecule has 1 N–H and O–H groups in total. The standard InChI is InChI=1S/C16H23N3O2S.ClH/c1-17-9-10-18(2)15(20)7-8-16(21)19-11-12-22-14-6-4-3-5-13(14)19;/h3-6,17H,7-12H2,1-2H3;1H. The van der Waals surface area contributed by atoms with E-state index < -0.39 is 0 Å². The van der Waals surface area contributed by atoms with Gasteiger partial charge in [0.15, 0.2) is 0 Å². The molecule has 0 spiro atoms. The van der Waals surface area contributed by atoms with Crippen LogP contribution in [0.1, 0.15) is 12.8 Å². The summed E-state index contributed by atoms with van der Waals surface area (Å²) in [5.41, 5.74) is 0.972. The van der Waals surface area contributed by atoms with Crippen LogP contribution in [0.5, 0.6) is 0 Å². The number of nitrogens with one attached hydrogen (secondary N) is 1. The van der Waals surface area contributed by atoms with Crippen LogP contribution in [-0.2, 0) is 9.59 Å². The summed E-state index contributed by atoms with van der Waals surface area (Å²) >= 11 is 1.77. The molecular weight excluding hydrogens is 334 g/mol. The highest BCUT2D eigenvalue weighted by molar-refractivity contribution is 7.99. The van der Waals surface area contributed by atoms with Crippen molar-refractivity contribution < 1.29 is 9.59 Å². The number of benzene rings is 1. The molecule has 23 heavy (non-hydrogen) atoms. The number of carbonyl (C=O) groups is 2. The molecule has 0 aromatic heterocycles. The first-order chi connectivity index (χ1) is 10.6. The summed E-state index contributed by atoms with van der Waals surface area (Å²) in [4.78, 5) is 29.1. The van der Waals surface area contributed by atoms with Crippen LogP contribution in [0.2, 0.25) is 0 Å². The van der Waals surface area contributed by atoms with E-state index in [1.807, 2.05) is 36.2 Å². The van der Waals surface area contributed by atoms with E-state index in [0.29, 0.717) is 13.1 Å². The molecular formula is C16H24ClN3O2S. The third-order valence-electron chi connectivity index (χ3n) is 3.71. The lowest BCUT2D eigenvalue weighted by Crippen LogP contribution is -2.37. The molecule has 0 saturated carbocycles.